The number of amides is 2. The molecule has 1 heterocycles. The van der Waals surface area contributed by atoms with Gasteiger partial charge >= 0.3 is 5.97 Å². The van der Waals surface area contributed by atoms with E-state index in [9.17, 15) is 23.2 Å². The Labute approximate surface area is 217 Å². The number of hydrogen-bond donors (Lipinski definition) is 1. The zero-order valence-electron chi connectivity index (χ0n) is 19.8. The summed E-state index contributed by atoms with van der Waals surface area (Å²) in [5.41, 5.74) is 1.83. The third-order valence-corrected chi connectivity index (χ3v) is 6.15. The van der Waals surface area contributed by atoms with Gasteiger partial charge in [0, 0.05) is 12.2 Å². The standard InChI is InChI=1S/C27H23F2N3O4S/c1-2-36-26(35)18-5-13-22(14-6-18)32-25(34)23(15-24(33)30-21-11-9-20(29)10-12-21)31(27(32)37)16-17-3-7-19(28)8-4-17/h3-14,23H,2,15-16H2,1H3,(H,30,33)/t23-/m1/s1. The van der Waals surface area contributed by atoms with Crippen molar-refractivity contribution < 1.29 is 27.9 Å². The molecule has 1 aliphatic heterocycles. The van der Waals surface area contributed by atoms with Crippen LogP contribution < -0.4 is 10.2 Å². The smallest absolute Gasteiger partial charge is 0.338 e. The van der Waals surface area contributed by atoms with E-state index in [-0.39, 0.29) is 24.7 Å². The number of hydrogen-bond acceptors (Lipinski definition) is 5. The van der Waals surface area contributed by atoms with Gasteiger partial charge in [-0.05, 0) is 85.4 Å². The molecule has 0 aromatic heterocycles. The summed E-state index contributed by atoms with van der Waals surface area (Å²) in [4.78, 5) is 41.3. The van der Waals surface area contributed by atoms with Crippen molar-refractivity contribution in [3.63, 3.8) is 0 Å². The third-order valence-electron chi connectivity index (χ3n) is 5.73. The number of carbonyl (C=O) groups excluding carboxylic acids is 3. The second-order valence-corrected chi connectivity index (χ2v) is 8.62. The fourth-order valence-corrected chi connectivity index (χ4v) is 4.31. The first-order chi connectivity index (χ1) is 17.8. The molecule has 3 aromatic rings. The fourth-order valence-electron chi connectivity index (χ4n) is 3.92. The third kappa shape index (κ3) is 5.97. The molecular weight excluding hydrogens is 500 g/mol. The molecule has 1 atom stereocenters. The highest BCUT2D eigenvalue weighted by Gasteiger charge is 2.44. The molecule has 1 fully saturated rings. The summed E-state index contributed by atoms with van der Waals surface area (Å²) in [7, 11) is 0. The second kappa shape index (κ2) is 11.3. The summed E-state index contributed by atoms with van der Waals surface area (Å²) in [6, 6.07) is 16.3. The number of halogens is 2. The van der Waals surface area contributed by atoms with Crippen LogP contribution in [0.2, 0.25) is 0 Å². The van der Waals surface area contributed by atoms with Crippen molar-refractivity contribution in [2.24, 2.45) is 0 Å². The Bertz CT molecular complexity index is 1310. The van der Waals surface area contributed by atoms with E-state index in [0.29, 0.717) is 22.5 Å². The number of nitrogens with zero attached hydrogens (tertiary/aromatic N) is 2. The van der Waals surface area contributed by atoms with Crippen LogP contribution in [0.25, 0.3) is 0 Å². The highest BCUT2D eigenvalue weighted by Crippen LogP contribution is 2.29. The summed E-state index contributed by atoms with van der Waals surface area (Å²) in [6.45, 7) is 2.10. The van der Waals surface area contributed by atoms with Gasteiger partial charge in [-0.15, -0.1) is 0 Å². The van der Waals surface area contributed by atoms with E-state index in [1.165, 1.54) is 53.4 Å². The fraction of sp³-hybridized carbons (Fsp3) is 0.185. The number of esters is 1. The van der Waals surface area contributed by atoms with Crippen LogP contribution in [0.15, 0.2) is 72.8 Å². The van der Waals surface area contributed by atoms with Crippen LogP contribution in [0, 0.1) is 11.6 Å². The number of nitrogens with one attached hydrogen (secondary N) is 1. The largest absolute Gasteiger partial charge is 0.462 e. The molecule has 0 aliphatic carbocycles. The lowest BCUT2D eigenvalue weighted by molar-refractivity contribution is -0.124. The average molecular weight is 524 g/mol. The minimum Gasteiger partial charge on any atom is -0.462 e. The molecule has 0 bridgehead atoms. The Hall–Kier alpha value is -4.18. The molecule has 10 heteroatoms. The Balaban J connectivity index is 1.59. The van der Waals surface area contributed by atoms with Crippen molar-refractivity contribution in [3.8, 4) is 0 Å². The molecule has 0 unspecified atom stereocenters. The van der Waals surface area contributed by atoms with Gasteiger partial charge < -0.3 is 15.0 Å². The van der Waals surface area contributed by atoms with Crippen LogP contribution >= 0.6 is 12.2 Å². The summed E-state index contributed by atoms with van der Waals surface area (Å²) < 4.78 is 31.6. The molecule has 1 N–H and O–H groups in total. The van der Waals surface area contributed by atoms with Crippen molar-refractivity contribution in [2.45, 2.75) is 25.9 Å². The summed E-state index contributed by atoms with van der Waals surface area (Å²) in [5, 5.41) is 2.83. The minimum absolute atomic E-state index is 0.163. The van der Waals surface area contributed by atoms with Gasteiger partial charge in [0.25, 0.3) is 5.91 Å². The summed E-state index contributed by atoms with van der Waals surface area (Å²) >= 11 is 5.64. The molecule has 1 aliphatic rings. The number of rotatable bonds is 8. The molecule has 7 nitrogen and oxygen atoms in total. The number of anilines is 2. The van der Waals surface area contributed by atoms with E-state index in [0.717, 1.165) is 0 Å². The van der Waals surface area contributed by atoms with E-state index in [1.54, 1.807) is 36.1 Å². The molecule has 0 radical (unpaired) electrons. The van der Waals surface area contributed by atoms with Crippen molar-refractivity contribution >= 4 is 46.5 Å². The molecule has 4 rings (SSSR count). The van der Waals surface area contributed by atoms with Crippen molar-refractivity contribution in [2.75, 3.05) is 16.8 Å². The first kappa shape index (κ1) is 25.9. The first-order valence-electron chi connectivity index (χ1n) is 11.5. The predicted molar refractivity (Wildman–Crippen MR) is 138 cm³/mol. The molecule has 2 amide bonds. The number of thiocarbonyl (C=S) groups is 1. The molecule has 37 heavy (non-hydrogen) atoms. The minimum atomic E-state index is -0.942. The van der Waals surface area contributed by atoms with Crippen molar-refractivity contribution in [1.82, 2.24) is 4.90 Å². The molecule has 3 aromatic carbocycles. The molecular formula is C27H23F2N3O4S. The molecule has 0 saturated carbocycles. The highest BCUT2D eigenvalue weighted by atomic mass is 32.1. The van der Waals surface area contributed by atoms with E-state index in [1.807, 2.05) is 0 Å². The molecule has 1 saturated heterocycles. The summed E-state index contributed by atoms with van der Waals surface area (Å²) in [6.07, 6.45) is -0.227. The highest BCUT2D eigenvalue weighted by molar-refractivity contribution is 7.80. The Morgan fingerprint density at radius 2 is 1.54 bits per heavy atom. The van der Waals surface area contributed by atoms with Crippen LogP contribution in [0.1, 0.15) is 29.3 Å². The lowest BCUT2D eigenvalue weighted by atomic mass is 10.1. The van der Waals surface area contributed by atoms with Gasteiger partial charge in [-0.2, -0.15) is 0 Å². The average Bonchev–Trinajstić information content (AvgIpc) is 3.10. The maximum Gasteiger partial charge on any atom is 0.338 e. The zero-order chi connectivity index (χ0) is 26.5. The maximum absolute atomic E-state index is 13.5. The topological polar surface area (TPSA) is 78.9 Å². The van der Waals surface area contributed by atoms with Crippen LogP contribution in [0.3, 0.4) is 0 Å². The second-order valence-electron chi connectivity index (χ2n) is 8.25. The van der Waals surface area contributed by atoms with E-state index in [4.69, 9.17) is 17.0 Å². The zero-order valence-corrected chi connectivity index (χ0v) is 20.6. The quantitative estimate of drug-likeness (QED) is 0.342. The van der Waals surface area contributed by atoms with Crippen LogP contribution in [0.4, 0.5) is 20.2 Å². The van der Waals surface area contributed by atoms with Gasteiger partial charge in [0.15, 0.2) is 5.11 Å². The van der Waals surface area contributed by atoms with Gasteiger partial charge in [-0.1, -0.05) is 12.1 Å². The van der Waals surface area contributed by atoms with Crippen molar-refractivity contribution in [3.05, 3.63) is 95.6 Å². The first-order valence-corrected chi connectivity index (χ1v) is 11.9. The molecule has 0 spiro atoms. The molecule has 190 valence electrons. The maximum atomic E-state index is 13.5. The van der Waals surface area contributed by atoms with Gasteiger partial charge in [0.1, 0.15) is 17.7 Å². The number of carbonyl (C=O) groups is 3. The monoisotopic (exact) mass is 523 g/mol. The SMILES string of the molecule is CCOC(=O)c1ccc(N2C(=O)[C@@H](CC(=O)Nc3ccc(F)cc3)N(Cc3ccc(F)cc3)C2=S)cc1. The van der Waals surface area contributed by atoms with E-state index in [2.05, 4.69) is 5.32 Å². The van der Waals surface area contributed by atoms with E-state index >= 15 is 0 Å². The van der Waals surface area contributed by atoms with Crippen LogP contribution in [0.5, 0.6) is 0 Å². The number of ether oxygens (including phenoxy) is 1. The Kier molecular flexibility index (Phi) is 7.88. The number of benzene rings is 3. The lowest BCUT2D eigenvalue weighted by Gasteiger charge is -2.24. The predicted octanol–water partition coefficient (Wildman–Crippen LogP) is 4.67. The Morgan fingerprint density at radius 1 is 0.946 bits per heavy atom. The van der Waals surface area contributed by atoms with Gasteiger partial charge in [0.2, 0.25) is 5.91 Å². The van der Waals surface area contributed by atoms with Gasteiger partial charge in [0.05, 0.1) is 24.3 Å². The van der Waals surface area contributed by atoms with E-state index < -0.39 is 35.5 Å². The van der Waals surface area contributed by atoms with Crippen LogP contribution in [-0.2, 0) is 20.9 Å². The Morgan fingerprint density at radius 3 is 2.14 bits per heavy atom. The lowest BCUT2D eigenvalue weighted by Crippen LogP contribution is -2.37. The normalized spacial score (nSPS) is 15.2. The summed E-state index contributed by atoms with van der Waals surface area (Å²) in [5.74, 6) is -2.22. The van der Waals surface area contributed by atoms with Crippen LogP contribution in [-0.4, -0.2) is 40.4 Å². The van der Waals surface area contributed by atoms with Crippen molar-refractivity contribution in [1.29, 1.82) is 0 Å². The van der Waals surface area contributed by atoms with Gasteiger partial charge in [-0.3, -0.25) is 14.5 Å². The van der Waals surface area contributed by atoms with Gasteiger partial charge in [-0.25, -0.2) is 13.6 Å².